The summed E-state index contributed by atoms with van der Waals surface area (Å²) in [5.41, 5.74) is 1.98. The summed E-state index contributed by atoms with van der Waals surface area (Å²) < 4.78 is 1.01. The Morgan fingerprint density at radius 1 is 1.08 bits per heavy atom. The SMILES string of the molecule is CNC(=O)NC(=O)[C@H](c1ccccc1)[NH+](C)Cc1ccc(Br)cc1. The van der Waals surface area contributed by atoms with Gasteiger partial charge in [0.25, 0.3) is 5.91 Å². The minimum atomic E-state index is -0.502. The number of quaternary nitrogens is 1. The molecule has 2 aromatic carbocycles. The molecule has 0 aromatic heterocycles. The second-order valence-corrected chi connectivity index (χ2v) is 6.48. The third-order valence-corrected chi connectivity index (χ3v) is 4.28. The number of halogens is 1. The van der Waals surface area contributed by atoms with Crippen LogP contribution >= 0.6 is 15.9 Å². The van der Waals surface area contributed by atoms with Crippen molar-refractivity contribution < 1.29 is 14.5 Å². The van der Waals surface area contributed by atoms with E-state index in [-0.39, 0.29) is 5.91 Å². The van der Waals surface area contributed by atoms with E-state index in [0.717, 1.165) is 20.5 Å². The second kappa shape index (κ2) is 8.61. The van der Waals surface area contributed by atoms with Gasteiger partial charge in [0, 0.05) is 22.6 Å². The molecule has 2 atom stereocenters. The molecule has 3 amide bonds. The van der Waals surface area contributed by atoms with Crippen molar-refractivity contribution in [2.45, 2.75) is 12.6 Å². The van der Waals surface area contributed by atoms with Gasteiger partial charge in [-0.3, -0.25) is 10.1 Å². The van der Waals surface area contributed by atoms with Crippen molar-refractivity contribution in [3.63, 3.8) is 0 Å². The highest BCUT2D eigenvalue weighted by atomic mass is 79.9. The van der Waals surface area contributed by atoms with Crippen LogP contribution in [0.1, 0.15) is 17.2 Å². The van der Waals surface area contributed by atoms with E-state index in [4.69, 9.17) is 0 Å². The first-order valence-electron chi connectivity index (χ1n) is 7.65. The van der Waals surface area contributed by atoms with Gasteiger partial charge in [0.05, 0.1) is 7.05 Å². The fourth-order valence-corrected chi connectivity index (χ4v) is 2.84. The highest BCUT2D eigenvalue weighted by molar-refractivity contribution is 9.10. The van der Waals surface area contributed by atoms with Gasteiger partial charge < -0.3 is 10.2 Å². The van der Waals surface area contributed by atoms with Crippen molar-refractivity contribution in [2.24, 2.45) is 0 Å². The van der Waals surface area contributed by atoms with Gasteiger partial charge in [-0.1, -0.05) is 58.4 Å². The lowest BCUT2D eigenvalue weighted by Crippen LogP contribution is -3.09. The highest BCUT2D eigenvalue weighted by Crippen LogP contribution is 2.12. The van der Waals surface area contributed by atoms with Gasteiger partial charge >= 0.3 is 6.03 Å². The van der Waals surface area contributed by atoms with E-state index in [2.05, 4.69) is 26.6 Å². The zero-order valence-corrected chi connectivity index (χ0v) is 15.3. The number of imide groups is 1. The van der Waals surface area contributed by atoms with Gasteiger partial charge in [0.15, 0.2) is 6.04 Å². The first-order chi connectivity index (χ1) is 11.5. The van der Waals surface area contributed by atoms with E-state index >= 15 is 0 Å². The molecule has 3 N–H and O–H groups in total. The predicted molar refractivity (Wildman–Crippen MR) is 96.5 cm³/mol. The number of amides is 3. The fraction of sp³-hybridized carbons (Fsp3) is 0.222. The number of benzene rings is 2. The summed E-state index contributed by atoms with van der Waals surface area (Å²) in [4.78, 5) is 25.1. The lowest BCUT2D eigenvalue weighted by Gasteiger charge is -2.24. The predicted octanol–water partition coefficient (Wildman–Crippen LogP) is 1.66. The number of hydrogen-bond acceptors (Lipinski definition) is 2. The molecule has 0 aliphatic rings. The van der Waals surface area contributed by atoms with Crippen LogP contribution in [0.15, 0.2) is 59.1 Å². The number of urea groups is 1. The van der Waals surface area contributed by atoms with Crippen molar-refractivity contribution in [2.75, 3.05) is 14.1 Å². The molecular weight excluding hydrogens is 370 g/mol. The molecule has 24 heavy (non-hydrogen) atoms. The lowest BCUT2D eigenvalue weighted by molar-refractivity contribution is -0.916. The third-order valence-electron chi connectivity index (χ3n) is 3.75. The summed E-state index contributed by atoms with van der Waals surface area (Å²) in [7, 11) is 3.43. The first-order valence-corrected chi connectivity index (χ1v) is 8.45. The van der Waals surface area contributed by atoms with Gasteiger partial charge in [0.2, 0.25) is 0 Å². The molecule has 0 saturated carbocycles. The summed E-state index contributed by atoms with van der Waals surface area (Å²) in [5.74, 6) is -0.324. The fourth-order valence-electron chi connectivity index (χ4n) is 2.58. The summed E-state index contributed by atoms with van der Waals surface area (Å²) >= 11 is 3.42. The Balaban J connectivity index is 2.22. The van der Waals surface area contributed by atoms with Crippen LogP contribution in [0.3, 0.4) is 0 Å². The molecule has 0 heterocycles. The second-order valence-electron chi connectivity index (χ2n) is 5.56. The molecule has 2 aromatic rings. The smallest absolute Gasteiger partial charge is 0.321 e. The molecule has 0 spiro atoms. The van der Waals surface area contributed by atoms with E-state index in [1.54, 1.807) is 0 Å². The number of carbonyl (C=O) groups excluding carboxylic acids is 2. The van der Waals surface area contributed by atoms with Gasteiger partial charge in [0.1, 0.15) is 6.54 Å². The van der Waals surface area contributed by atoms with Crippen molar-refractivity contribution >= 4 is 27.9 Å². The quantitative estimate of drug-likeness (QED) is 0.726. The topological polar surface area (TPSA) is 62.6 Å². The summed E-state index contributed by atoms with van der Waals surface area (Å²) in [5, 5.41) is 4.80. The lowest BCUT2D eigenvalue weighted by atomic mass is 10.0. The summed E-state index contributed by atoms with van der Waals surface area (Å²) in [6.07, 6.45) is 0. The first kappa shape index (κ1) is 18.2. The van der Waals surface area contributed by atoms with E-state index in [9.17, 15) is 9.59 Å². The molecule has 2 rings (SSSR count). The van der Waals surface area contributed by atoms with Crippen molar-refractivity contribution in [3.05, 3.63) is 70.2 Å². The molecule has 0 bridgehead atoms. The summed E-state index contributed by atoms with van der Waals surface area (Å²) in [6, 6.07) is 16.5. The maximum atomic E-state index is 12.6. The average molecular weight is 391 g/mol. The highest BCUT2D eigenvalue weighted by Gasteiger charge is 2.30. The Bertz CT molecular complexity index is 689. The van der Waals surface area contributed by atoms with Crippen LogP contribution in [-0.2, 0) is 11.3 Å². The number of hydrogen-bond donors (Lipinski definition) is 3. The minimum absolute atomic E-state index is 0.324. The van der Waals surface area contributed by atoms with E-state index in [0.29, 0.717) is 6.54 Å². The van der Waals surface area contributed by atoms with Crippen LogP contribution in [0.4, 0.5) is 4.79 Å². The van der Waals surface area contributed by atoms with E-state index in [1.165, 1.54) is 7.05 Å². The van der Waals surface area contributed by atoms with Crippen molar-refractivity contribution in [1.29, 1.82) is 0 Å². The van der Waals surface area contributed by atoms with Crippen LogP contribution in [0.2, 0.25) is 0 Å². The van der Waals surface area contributed by atoms with Gasteiger partial charge in [-0.25, -0.2) is 4.79 Å². The Morgan fingerprint density at radius 3 is 2.29 bits per heavy atom. The molecule has 0 radical (unpaired) electrons. The van der Waals surface area contributed by atoms with Crippen molar-refractivity contribution in [1.82, 2.24) is 10.6 Å². The molecule has 1 unspecified atom stereocenters. The Labute approximate surface area is 150 Å². The van der Waals surface area contributed by atoms with E-state index in [1.807, 2.05) is 61.6 Å². The van der Waals surface area contributed by atoms with Crippen molar-refractivity contribution in [3.8, 4) is 0 Å². The molecular formula is C18H21BrN3O2+. The molecule has 6 heteroatoms. The Kier molecular flexibility index (Phi) is 6.52. The van der Waals surface area contributed by atoms with Gasteiger partial charge in [-0.2, -0.15) is 0 Å². The zero-order valence-electron chi connectivity index (χ0n) is 13.7. The van der Waals surface area contributed by atoms with Crippen LogP contribution in [0.5, 0.6) is 0 Å². The molecule has 5 nitrogen and oxygen atoms in total. The normalized spacial score (nSPS) is 13.0. The maximum Gasteiger partial charge on any atom is 0.321 e. The standard InChI is InChI=1S/C18H20BrN3O2/c1-20-18(24)21-17(23)16(14-6-4-3-5-7-14)22(2)12-13-8-10-15(19)11-9-13/h3-11,16H,12H2,1-2H3,(H2,20,21,23,24)/p+1/t16-/m0/s1. The third kappa shape index (κ3) is 4.91. The molecule has 0 aliphatic carbocycles. The number of nitrogens with one attached hydrogen (secondary N) is 3. The van der Waals surface area contributed by atoms with Crippen LogP contribution in [0.25, 0.3) is 0 Å². The van der Waals surface area contributed by atoms with Crippen LogP contribution in [-0.4, -0.2) is 26.0 Å². The zero-order chi connectivity index (χ0) is 17.5. The number of rotatable bonds is 5. The monoisotopic (exact) mass is 390 g/mol. The number of carbonyl (C=O) groups is 2. The van der Waals surface area contributed by atoms with E-state index < -0.39 is 12.1 Å². The molecule has 0 fully saturated rings. The molecule has 0 aliphatic heterocycles. The maximum absolute atomic E-state index is 12.6. The average Bonchev–Trinajstić information content (AvgIpc) is 2.58. The molecule has 0 saturated heterocycles. The summed E-state index contributed by atoms with van der Waals surface area (Å²) in [6.45, 7) is 0.661. The number of likely N-dealkylation sites (N-methyl/N-ethyl adjacent to an activating group) is 1. The largest absolute Gasteiger partial charge is 0.341 e. The van der Waals surface area contributed by atoms with Gasteiger partial charge in [-0.05, 0) is 12.1 Å². The van der Waals surface area contributed by atoms with Gasteiger partial charge in [-0.15, -0.1) is 0 Å². The Morgan fingerprint density at radius 2 is 1.71 bits per heavy atom. The molecule has 126 valence electrons. The van der Waals surface area contributed by atoms with Crippen LogP contribution < -0.4 is 15.5 Å². The van der Waals surface area contributed by atoms with Crippen LogP contribution in [0, 0.1) is 0 Å². The Hall–Kier alpha value is -2.18. The minimum Gasteiger partial charge on any atom is -0.341 e.